The fraction of sp³-hybridized carbons (Fsp3) is 0.100. The summed E-state index contributed by atoms with van der Waals surface area (Å²) in [4.78, 5) is 33.7. The lowest BCUT2D eigenvalue weighted by atomic mass is 10.1. The molecule has 0 aliphatic heterocycles. The number of carbonyl (C=O) groups excluding carboxylic acids is 2. The summed E-state index contributed by atoms with van der Waals surface area (Å²) < 4.78 is 11.0. The highest BCUT2D eigenvalue weighted by Gasteiger charge is 2.16. The van der Waals surface area contributed by atoms with E-state index in [-0.39, 0.29) is 35.3 Å². The lowest BCUT2D eigenvalue weighted by molar-refractivity contribution is -0.384. The lowest BCUT2D eigenvalue weighted by Gasteiger charge is -2.06. The zero-order valence-electron chi connectivity index (χ0n) is 15.2. The molecular formula is C20H16N2O7. The molecule has 0 unspecified atom stereocenters. The highest BCUT2D eigenvalue weighted by Crippen LogP contribution is 2.28. The summed E-state index contributed by atoms with van der Waals surface area (Å²) in [5.74, 6) is -0.201. The van der Waals surface area contributed by atoms with E-state index in [1.807, 2.05) is 0 Å². The van der Waals surface area contributed by atoms with E-state index in [0.29, 0.717) is 17.1 Å². The Morgan fingerprint density at radius 3 is 2.52 bits per heavy atom. The SMILES string of the molecule is CC(=O)c1ccc(OCc2ccc(C(=O)Nc3cc([N+](=O)[O-])ccc3O)o2)cc1. The van der Waals surface area contributed by atoms with Gasteiger partial charge in [-0.15, -0.1) is 0 Å². The van der Waals surface area contributed by atoms with Crippen LogP contribution >= 0.6 is 0 Å². The highest BCUT2D eigenvalue weighted by atomic mass is 16.6. The van der Waals surface area contributed by atoms with Crippen molar-refractivity contribution in [2.75, 3.05) is 5.32 Å². The number of nitrogens with zero attached hydrogens (tertiary/aromatic N) is 1. The zero-order valence-corrected chi connectivity index (χ0v) is 15.2. The first-order chi connectivity index (χ1) is 13.8. The van der Waals surface area contributed by atoms with E-state index < -0.39 is 10.8 Å². The van der Waals surface area contributed by atoms with Gasteiger partial charge in [-0.25, -0.2) is 0 Å². The molecule has 0 aliphatic rings. The van der Waals surface area contributed by atoms with Crippen LogP contribution < -0.4 is 10.1 Å². The average molecular weight is 396 g/mol. The van der Waals surface area contributed by atoms with Crippen molar-refractivity contribution in [1.82, 2.24) is 0 Å². The Hall–Kier alpha value is -4.14. The maximum absolute atomic E-state index is 12.3. The third-order valence-corrected chi connectivity index (χ3v) is 3.97. The summed E-state index contributed by atoms with van der Waals surface area (Å²) in [5.41, 5.74) is 0.185. The molecule has 9 nitrogen and oxygen atoms in total. The van der Waals surface area contributed by atoms with Crippen LogP contribution in [0.4, 0.5) is 11.4 Å². The van der Waals surface area contributed by atoms with Crippen molar-refractivity contribution in [3.63, 3.8) is 0 Å². The van der Waals surface area contributed by atoms with Crippen molar-refractivity contribution >= 4 is 23.1 Å². The van der Waals surface area contributed by atoms with Gasteiger partial charge >= 0.3 is 0 Å². The molecule has 1 aromatic heterocycles. The van der Waals surface area contributed by atoms with Crippen LogP contribution in [0, 0.1) is 10.1 Å². The van der Waals surface area contributed by atoms with Crippen LogP contribution in [0.1, 0.15) is 33.6 Å². The van der Waals surface area contributed by atoms with Gasteiger partial charge in [0.05, 0.1) is 10.6 Å². The number of anilines is 1. The monoisotopic (exact) mass is 396 g/mol. The number of hydrogen-bond donors (Lipinski definition) is 2. The van der Waals surface area contributed by atoms with Crippen molar-refractivity contribution in [1.29, 1.82) is 0 Å². The first kappa shape index (κ1) is 19.6. The number of phenols is 1. The number of ether oxygens (including phenoxy) is 1. The molecule has 2 aromatic carbocycles. The van der Waals surface area contributed by atoms with Crippen LogP contribution in [0.5, 0.6) is 11.5 Å². The summed E-state index contributed by atoms with van der Waals surface area (Å²) in [6, 6.07) is 12.8. The summed E-state index contributed by atoms with van der Waals surface area (Å²) in [6.07, 6.45) is 0. The number of Topliss-reactive ketones (excluding diaryl/α,β-unsaturated/α-hetero) is 1. The van der Waals surface area contributed by atoms with E-state index in [0.717, 1.165) is 18.2 Å². The number of nitro groups is 1. The van der Waals surface area contributed by atoms with Crippen LogP contribution in [0.2, 0.25) is 0 Å². The van der Waals surface area contributed by atoms with Gasteiger partial charge in [-0.3, -0.25) is 19.7 Å². The third-order valence-electron chi connectivity index (χ3n) is 3.97. The molecule has 0 atom stereocenters. The second kappa shape index (κ2) is 8.26. The van der Waals surface area contributed by atoms with Crippen molar-refractivity contribution in [3.05, 3.63) is 81.8 Å². The molecule has 2 N–H and O–H groups in total. The molecule has 148 valence electrons. The number of benzene rings is 2. The van der Waals surface area contributed by atoms with Gasteiger partial charge in [-0.05, 0) is 49.4 Å². The quantitative estimate of drug-likeness (QED) is 0.268. The normalized spacial score (nSPS) is 10.4. The van der Waals surface area contributed by atoms with Crippen LogP contribution in [0.3, 0.4) is 0 Å². The fourth-order valence-corrected chi connectivity index (χ4v) is 2.44. The van der Waals surface area contributed by atoms with E-state index >= 15 is 0 Å². The van der Waals surface area contributed by atoms with E-state index in [2.05, 4.69) is 5.32 Å². The average Bonchev–Trinajstić information content (AvgIpc) is 3.17. The predicted molar refractivity (Wildman–Crippen MR) is 102 cm³/mol. The van der Waals surface area contributed by atoms with Crippen LogP contribution in [0.25, 0.3) is 0 Å². The van der Waals surface area contributed by atoms with Crippen molar-refractivity contribution in [2.24, 2.45) is 0 Å². The van der Waals surface area contributed by atoms with Gasteiger partial charge in [-0.1, -0.05) is 0 Å². The van der Waals surface area contributed by atoms with Crippen molar-refractivity contribution in [2.45, 2.75) is 13.5 Å². The van der Waals surface area contributed by atoms with Gasteiger partial charge in [0, 0.05) is 17.7 Å². The minimum absolute atomic E-state index is 0.0481. The molecule has 0 saturated carbocycles. The third kappa shape index (κ3) is 4.78. The number of amides is 1. The molecule has 0 aliphatic carbocycles. The molecule has 3 rings (SSSR count). The number of non-ortho nitro benzene ring substituents is 1. The molecule has 0 fully saturated rings. The summed E-state index contributed by atoms with van der Waals surface area (Å²) >= 11 is 0. The number of carbonyl (C=O) groups is 2. The molecule has 29 heavy (non-hydrogen) atoms. The number of phenolic OH excluding ortho intramolecular Hbond substituents is 1. The summed E-state index contributed by atoms with van der Waals surface area (Å²) in [5, 5.41) is 23.0. The minimum Gasteiger partial charge on any atom is -0.506 e. The van der Waals surface area contributed by atoms with E-state index in [1.165, 1.54) is 13.0 Å². The van der Waals surface area contributed by atoms with Gasteiger partial charge in [0.25, 0.3) is 11.6 Å². The number of hydrogen-bond acceptors (Lipinski definition) is 7. The molecule has 0 bridgehead atoms. The first-order valence-electron chi connectivity index (χ1n) is 8.45. The number of nitro benzene ring substituents is 1. The first-order valence-corrected chi connectivity index (χ1v) is 8.45. The zero-order chi connectivity index (χ0) is 21.0. The summed E-state index contributed by atoms with van der Waals surface area (Å²) in [6.45, 7) is 1.52. The Bertz CT molecular complexity index is 1070. The molecule has 1 heterocycles. The van der Waals surface area contributed by atoms with Gasteiger partial charge in [0.15, 0.2) is 11.5 Å². The fourth-order valence-electron chi connectivity index (χ4n) is 2.44. The topological polar surface area (TPSA) is 132 Å². The van der Waals surface area contributed by atoms with Crippen molar-refractivity contribution in [3.8, 4) is 11.5 Å². The number of nitrogens with one attached hydrogen (secondary N) is 1. The van der Waals surface area contributed by atoms with Gasteiger partial charge in [-0.2, -0.15) is 0 Å². The molecule has 3 aromatic rings. The Morgan fingerprint density at radius 2 is 1.86 bits per heavy atom. The Labute approximate surface area is 164 Å². The molecule has 0 radical (unpaired) electrons. The van der Waals surface area contributed by atoms with Crippen LogP contribution in [-0.4, -0.2) is 21.7 Å². The highest BCUT2D eigenvalue weighted by molar-refractivity contribution is 6.03. The van der Waals surface area contributed by atoms with Gasteiger partial charge in [0.2, 0.25) is 0 Å². The van der Waals surface area contributed by atoms with Gasteiger partial charge < -0.3 is 19.6 Å². The second-order valence-corrected chi connectivity index (χ2v) is 6.05. The number of rotatable bonds is 7. The smallest absolute Gasteiger partial charge is 0.291 e. The maximum atomic E-state index is 12.3. The van der Waals surface area contributed by atoms with E-state index in [9.17, 15) is 24.8 Å². The Morgan fingerprint density at radius 1 is 1.14 bits per heavy atom. The lowest BCUT2D eigenvalue weighted by Crippen LogP contribution is -2.11. The van der Waals surface area contributed by atoms with Gasteiger partial charge in [0.1, 0.15) is 23.9 Å². The molecule has 9 heteroatoms. The summed E-state index contributed by atoms with van der Waals surface area (Å²) in [7, 11) is 0. The maximum Gasteiger partial charge on any atom is 0.291 e. The number of furan rings is 1. The molecule has 1 amide bonds. The number of aromatic hydroxyl groups is 1. The van der Waals surface area contributed by atoms with Crippen molar-refractivity contribution < 1.29 is 28.8 Å². The van der Waals surface area contributed by atoms with E-state index in [4.69, 9.17) is 9.15 Å². The largest absolute Gasteiger partial charge is 0.506 e. The number of ketones is 1. The van der Waals surface area contributed by atoms with Crippen LogP contribution in [-0.2, 0) is 6.61 Å². The Kier molecular flexibility index (Phi) is 5.59. The van der Waals surface area contributed by atoms with E-state index in [1.54, 1.807) is 30.3 Å². The Balaban J connectivity index is 1.63. The van der Waals surface area contributed by atoms with Crippen LogP contribution in [0.15, 0.2) is 59.0 Å². The second-order valence-electron chi connectivity index (χ2n) is 6.05. The standard InChI is InChI=1S/C20H16N2O7/c1-12(23)13-2-5-15(6-3-13)28-11-16-7-9-19(29-16)20(25)21-17-10-14(22(26)27)4-8-18(17)24/h2-10,24H,11H2,1H3,(H,21,25). The molecule has 0 spiro atoms. The predicted octanol–water partition coefficient (Wildman–Crippen LogP) is 3.93. The molecule has 0 saturated heterocycles. The minimum atomic E-state index is -0.683. The molecular weight excluding hydrogens is 380 g/mol.